The van der Waals surface area contributed by atoms with Crippen molar-refractivity contribution < 1.29 is 4.79 Å². The summed E-state index contributed by atoms with van der Waals surface area (Å²) in [4.78, 5) is 14.7. The second-order valence-corrected chi connectivity index (χ2v) is 8.19. The van der Waals surface area contributed by atoms with Gasteiger partial charge in [0.25, 0.3) is 5.91 Å². The predicted molar refractivity (Wildman–Crippen MR) is 105 cm³/mol. The van der Waals surface area contributed by atoms with E-state index >= 15 is 0 Å². The van der Waals surface area contributed by atoms with E-state index in [1.54, 1.807) is 6.07 Å². The van der Waals surface area contributed by atoms with Gasteiger partial charge in [0.05, 0.1) is 0 Å². The number of nitrogens with zero attached hydrogens (tertiary/aromatic N) is 3. The summed E-state index contributed by atoms with van der Waals surface area (Å²) < 4.78 is 0. The molecule has 1 aromatic heterocycles. The molecule has 1 amide bonds. The highest BCUT2D eigenvalue weighted by Gasteiger charge is 2.23. The number of carbonyl (C=O) groups excluding carboxylic acids is 1. The van der Waals surface area contributed by atoms with Crippen LogP contribution in [0, 0.1) is 0 Å². The van der Waals surface area contributed by atoms with Gasteiger partial charge in [-0.2, -0.15) is 0 Å². The van der Waals surface area contributed by atoms with Gasteiger partial charge in [-0.25, -0.2) is 0 Å². The van der Waals surface area contributed by atoms with E-state index in [0.717, 1.165) is 31.7 Å². The van der Waals surface area contributed by atoms with Crippen LogP contribution in [0.25, 0.3) is 0 Å². The zero-order valence-electron chi connectivity index (χ0n) is 15.5. The Morgan fingerprint density at radius 1 is 1.15 bits per heavy atom. The third kappa shape index (κ3) is 4.52. The van der Waals surface area contributed by atoms with Gasteiger partial charge in [-0.1, -0.05) is 44.5 Å². The number of benzene rings is 1. The SMILES string of the molecule is CC(C)(C)c1ccc(C(=O)NC2CCCN(c3ccc(Cl)nn3)C2)cc1. The molecular formula is C20H25ClN4O. The fourth-order valence-corrected chi connectivity index (χ4v) is 3.27. The van der Waals surface area contributed by atoms with E-state index in [4.69, 9.17) is 11.6 Å². The van der Waals surface area contributed by atoms with Crippen molar-refractivity contribution in [3.8, 4) is 0 Å². The number of hydrogen-bond donors (Lipinski definition) is 1. The van der Waals surface area contributed by atoms with Crippen LogP contribution in [0.4, 0.5) is 5.82 Å². The van der Waals surface area contributed by atoms with Gasteiger partial charge in [-0.05, 0) is 48.1 Å². The van der Waals surface area contributed by atoms with Crippen molar-refractivity contribution in [3.05, 3.63) is 52.7 Å². The highest BCUT2D eigenvalue weighted by atomic mass is 35.5. The first-order valence-corrected chi connectivity index (χ1v) is 9.36. The third-order valence-electron chi connectivity index (χ3n) is 4.71. The molecule has 1 unspecified atom stereocenters. The molecule has 1 fully saturated rings. The maximum Gasteiger partial charge on any atom is 0.251 e. The molecule has 0 radical (unpaired) electrons. The van der Waals surface area contributed by atoms with Crippen LogP contribution in [-0.4, -0.2) is 35.2 Å². The van der Waals surface area contributed by atoms with Crippen molar-refractivity contribution >= 4 is 23.3 Å². The summed E-state index contributed by atoms with van der Waals surface area (Å²) in [6, 6.07) is 11.6. The molecule has 2 aromatic rings. The molecule has 6 heteroatoms. The molecule has 1 aliphatic rings. The number of nitrogens with one attached hydrogen (secondary N) is 1. The molecule has 2 heterocycles. The van der Waals surface area contributed by atoms with E-state index in [0.29, 0.717) is 10.7 Å². The number of hydrogen-bond acceptors (Lipinski definition) is 4. The summed E-state index contributed by atoms with van der Waals surface area (Å²) in [7, 11) is 0. The fraction of sp³-hybridized carbons (Fsp3) is 0.450. The molecule has 3 rings (SSSR count). The minimum atomic E-state index is -0.0282. The minimum absolute atomic E-state index is 0.0282. The topological polar surface area (TPSA) is 58.1 Å². The normalized spacial score (nSPS) is 17.8. The summed E-state index contributed by atoms with van der Waals surface area (Å²) in [5.74, 6) is 0.766. The summed E-state index contributed by atoms with van der Waals surface area (Å²) in [5.41, 5.74) is 2.00. The van der Waals surface area contributed by atoms with Crippen molar-refractivity contribution in [1.82, 2.24) is 15.5 Å². The average molecular weight is 373 g/mol. The van der Waals surface area contributed by atoms with Crippen LogP contribution >= 0.6 is 11.6 Å². The second-order valence-electron chi connectivity index (χ2n) is 7.80. The number of amides is 1. The highest BCUT2D eigenvalue weighted by Crippen LogP contribution is 2.22. The summed E-state index contributed by atoms with van der Waals surface area (Å²) >= 11 is 5.81. The van der Waals surface area contributed by atoms with Crippen LogP contribution in [0.5, 0.6) is 0 Å². The monoisotopic (exact) mass is 372 g/mol. The van der Waals surface area contributed by atoms with Crippen LogP contribution in [-0.2, 0) is 5.41 Å². The number of anilines is 1. The molecule has 1 aliphatic heterocycles. The Balaban J connectivity index is 1.62. The zero-order valence-corrected chi connectivity index (χ0v) is 16.3. The van der Waals surface area contributed by atoms with Gasteiger partial charge in [-0.3, -0.25) is 4.79 Å². The van der Waals surface area contributed by atoms with Gasteiger partial charge in [-0.15, -0.1) is 10.2 Å². The fourth-order valence-electron chi connectivity index (χ4n) is 3.17. The van der Waals surface area contributed by atoms with Crippen LogP contribution in [0.15, 0.2) is 36.4 Å². The van der Waals surface area contributed by atoms with Gasteiger partial charge in [0.1, 0.15) is 0 Å². The summed E-state index contributed by atoms with van der Waals surface area (Å²) in [6.07, 6.45) is 1.96. The lowest BCUT2D eigenvalue weighted by Gasteiger charge is -2.33. The number of aromatic nitrogens is 2. The molecule has 26 heavy (non-hydrogen) atoms. The quantitative estimate of drug-likeness (QED) is 0.889. The molecule has 138 valence electrons. The molecule has 1 N–H and O–H groups in total. The Hall–Kier alpha value is -2.14. The van der Waals surface area contributed by atoms with E-state index in [1.807, 2.05) is 30.3 Å². The second kappa shape index (κ2) is 7.62. The average Bonchev–Trinajstić information content (AvgIpc) is 2.62. The number of halogens is 1. The van der Waals surface area contributed by atoms with Gasteiger partial charge in [0.15, 0.2) is 11.0 Å². The molecule has 0 bridgehead atoms. The first kappa shape index (κ1) is 18.6. The first-order chi connectivity index (χ1) is 12.3. The van der Waals surface area contributed by atoms with E-state index in [1.165, 1.54) is 5.56 Å². The van der Waals surface area contributed by atoms with Gasteiger partial charge in [0, 0.05) is 24.7 Å². The van der Waals surface area contributed by atoms with Gasteiger partial charge < -0.3 is 10.2 Å². The Bertz CT molecular complexity index is 753. The highest BCUT2D eigenvalue weighted by molar-refractivity contribution is 6.29. The first-order valence-electron chi connectivity index (χ1n) is 8.98. The van der Waals surface area contributed by atoms with Crippen molar-refractivity contribution in [2.45, 2.75) is 45.1 Å². The van der Waals surface area contributed by atoms with Crippen molar-refractivity contribution in [2.75, 3.05) is 18.0 Å². The molecule has 1 saturated heterocycles. The summed E-state index contributed by atoms with van der Waals surface area (Å²) in [5, 5.41) is 11.6. The van der Waals surface area contributed by atoms with Gasteiger partial charge >= 0.3 is 0 Å². The lowest BCUT2D eigenvalue weighted by atomic mass is 9.86. The van der Waals surface area contributed by atoms with Crippen molar-refractivity contribution in [2.24, 2.45) is 0 Å². The number of rotatable bonds is 3. The van der Waals surface area contributed by atoms with Gasteiger partial charge in [0.2, 0.25) is 0 Å². The lowest BCUT2D eigenvalue weighted by Crippen LogP contribution is -2.48. The number of carbonyl (C=O) groups is 1. The maximum absolute atomic E-state index is 12.6. The van der Waals surface area contributed by atoms with Crippen molar-refractivity contribution in [3.63, 3.8) is 0 Å². The molecular weight excluding hydrogens is 348 g/mol. The molecule has 0 saturated carbocycles. The largest absolute Gasteiger partial charge is 0.353 e. The van der Waals surface area contributed by atoms with Crippen LogP contribution in [0.1, 0.15) is 49.5 Å². The minimum Gasteiger partial charge on any atom is -0.353 e. The molecule has 5 nitrogen and oxygen atoms in total. The zero-order chi connectivity index (χ0) is 18.7. The van der Waals surface area contributed by atoms with E-state index in [2.05, 4.69) is 41.2 Å². The molecule has 0 spiro atoms. The molecule has 1 aromatic carbocycles. The molecule has 1 atom stereocenters. The number of piperidine rings is 1. The maximum atomic E-state index is 12.6. The lowest BCUT2D eigenvalue weighted by molar-refractivity contribution is 0.0933. The molecule has 0 aliphatic carbocycles. The van der Waals surface area contributed by atoms with Crippen molar-refractivity contribution in [1.29, 1.82) is 0 Å². The van der Waals surface area contributed by atoms with Crippen LogP contribution in [0.2, 0.25) is 5.15 Å². The van der Waals surface area contributed by atoms with E-state index in [-0.39, 0.29) is 17.4 Å². The van der Waals surface area contributed by atoms with E-state index < -0.39 is 0 Å². The Morgan fingerprint density at radius 3 is 2.50 bits per heavy atom. The van der Waals surface area contributed by atoms with Crippen LogP contribution in [0.3, 0.4) is 0 Å². The Morgan fingerprint density at radius 2 is 1.88 bits per heavy atom. The van der Waals surface area contributed by atoms with Crippen LogP contribution < -0.4 is 10.2 Å². The Labute approximate surface area is 159 Å². The predicted octanol–water partition coefficient (Wildman–Crippen LogP) is 3.83. The Kier molecular flexibility index (Phi) is 5.47. The smallest absolute Gasteiger partial charge is 0.251 e. The van der Waals surface area contributed by atoms with E-state index in [9.17, 15) is 4.79 Å². The third-order valence-corrected chi connectivity index (χ3v) is 4.91. The standard InChI is InChI=1S/C20H25ClN4O/c1-20(2,3)15-8-6-14(7-9-15)19(26)22-16-5-4-12-25(13-16)18-11-10-17(21)23-24-18/h6-11,16H,4-5,12-13H2,1-3H3,(H,22,26). The summed E-state index contributed by atoms with van der Waals surface area (Å²) in [6.45, 7) is 8.13.